The molecule has 1 aliphatic heterocycles. The minimum Gasteiger partial charge on any atom is -0.467 e. The molecule has 12 heavy (non-hydrogen) atoms. The number of hydrogen-bond donors (Lipinski definition) is 0. The van der Waals surface area contributed by atoms with Crippen molar-refractivity contribution in [3.8, 4) is 5.75 Å². The van der Waals surface area contributed by atoms with Crippen LogP contribution in [0.5, 0.6) is 5.75 Å². The van der Waals surface area contributed by atoms with Crippen LogP contribution in [0.15, 0.2) is 18.2 Å². The number of fused-ring (bicyclic) bond motifs is 1. The van der Waals surface area contributed by atoms with Crippen molar-refractivity contribution in [3.63, 3.8) is 0 Å². The van der Waals surface area contributed by atoms with Gasteiger partial charge in [0.1, 0.15) is 5.75 Å². The molecule has 64 valence electrons. The number of hydrogen-bond acceptors (Lipinski definition) is 2. The molecule has 0 amide bonds. The molecule has 0 unspecified atom stereocenters. The molecule has 0 bridgehead atoms. The smallest absolute Gasteiger partial charge is 0.189 e. The standard InChI is InChI=1S/C10H12O2/c1-8-2-3-10-9(6-8)4-5-11-7-12-10/h2-3,6H,4-5,7H2,1H3. The Hall–Kier alpha value is -1.02. The zero-order valence-corrected chi connectivity index (χ0v) is 7.17. The maximum absolute atomic E-state index is 5.38. The summed E-state index contributed by atoms with van der Waals surface area (Å²) in [5.41, 5.74) is 2.53. The second kappa shape index (κ2) is 3.15. The van der Waals surface area contributed by atoms with Crippen LogP contribution in [-0.4, -0.2) is 13.4 Å². The van der Waals surface area contributed by atoms with Crippen molar-refractivity contribution < 1.29 is 9.47 Å². The van der Waals surface area contributed by atoms with Gasteiger partial charge in [0.05, 0.1) is 6.61 Å². The average molecular weight is 164 g/mol. The Bertz CT molecular complexity index is 281. The summed E-state index contributed by atoms with van der Waals surface area (Å²) in [6.07, 6.45) is 0.955. The van der Waals surface area contributed by atoms with Crippen molar-refractivity contribution in [1.82, 2.24) is 0 Å². The molecule has 2 nitrogen and oxygen atoms in total. The first kappa shape index (κ1) is 7.62. The van der Waals surface area contributed by atoms with Crippen molar-refractivity contribution in [2.24, 2.45) is 0 Å². The summed E-state index contributed by atoms with van der Waals surface area (Å²) in [7, 11) is 0. The van der Waals surface area contributed by atoms with Crippen LogP contribution in [-0.2, 0) is 11.2 Å². The van der Waals surface area contributed by atoms with Gasteiger partial charge >= 0.3 is 0 Å². The molecule has 0 saturated heterocycles. The van der Waals surface area contributed by atoms with E-state index in [2.05, 4.69) is 19.1 Å². The summed E-state index contributed by atoms with van der Waals surface area (Å²) in [4.78, 5) is 0. The summed E-state index contributed by atoms with van der Waals surface area (Å²) in [5, 5.41) is 0. The summed E-state index contributed by atoms with van der Waals surface area (Å²) in [5.74, 6) is 0.970. The first-order valence-corrected chi connectivity index (χ1v) is 4.16. The van der Waals surface area contributed by atoms with Crippen LogP contribution in [0.25, 0.3) is 0 Å². The molecule has 0 radical (unpaired) electrons. The van der Waals surface area contributed by atoms with Crippen molar-refractivity contribution in [2.75, 3.05) is 13.4 Å². The zero-order chi connectivity index (χ0) is 8.39. The third-order valence-electron chi connectivity index (χ3n) is 2.03. The highest BCUT2D eigenvalue weighted by molar-refractivity contribution is 5.37. The Morgan fingerprint density at radius 2 is 2.25 bits per heavy atom. The molecule has 1 aromatic rings. The summed E-state index contributed by atoms with van der Waals surface area (Å²) < 4.78 is 10.6. The summed E-state index contributed by atoms with van der Waals surface area (Å²) in [6.45, 7) is 3.23. The molecule has 0 atom stereocenters. The molecule has 1 heterocycles. The molecule has 0 fully saturated rings. The van der Waals surface area contributed by atoms with E-state index in [0.717, 1.165) is 18.8 Å². The third-order valence-corrected chi connectivity index (χ3v) is 2.03. The van der Waals surface area contributed by atoms with Crippen LogP contribution in [0, 0.1) is 6.92 Å². The van der Waals surface area contributed by atoms with Gasteiger partial charge in [-0.15, -0.1) is 0 Å². The van der Waals surface area contributed by atoms with E-state index in [0.29, 0.717) is 6.79 Å². The largest absolute Gasteiger partial charge is 0.467 e. The van der Waals surface area contributed by atoms with E-state index in [1.165, 1.54) is 11.1 Å². The lowest BCUT2D eigenvalue weighted by Gasteiger charge is -2.05. The second-order valence-electron chi connectivity index (χ2n) is 3.03. The van der Waals surface area contributed by atoms with Crippen LogP contribution in [0.2, 0.25) is 0 Å². The molecule has 0 saturated carbocycles. The van der Waals surface area contributed by atoms with Gasteiger partial charge in [0.2, 0.25) is 0 Å². The molecular weight excluding hydrogens is 152 g/mol. The zero-order valence-electron chi connectivity index (χ0n) is 7.17. The molecular formula is C10H12O2. The van der Waals surface area contributed by atoms with Crippen LogP contribution in [0.4, 0.5) is 0 Å². The van der Waals surface area contributed by atoms with Gasteiger partial charge in [-0.1, -0.05) is 17.7 Å². The highest BCUT2D eigenvalue weighted by Gasteiger charge is 2.07. The number of rotatable bonds is 0. The third kappa shape index (κ3) is 1.43. The lowest BCUT2D eigenvalue weighted by Crippen LogP contribution is -1.99. The van der Waals surface area contributed by atoms with Crippen molar-refractivity contribution >= 4 is 0 Å². The molecule has 1 aromatic carbocycles. The minimum absolute atomic E-state index is 0.385. The van der Waals surface area contributed by atoms with E-state index in [1.807, 2.05) is 6.07 Å². The minimum atomic E-state index is 0.385. The monoisotopic (exact) mass is 164 g/mol. The van der Waals surface area contributed by atoms with E-state index in [4.69, 9.17) is 9.47 Å². The number of ether oxygens (including phenoxy) is 2. The van der Waals surface area contributed by atoms with Crippen molar-refractivity contribution in [3.05, 3.63) is 29.3 Å². The fourth-order valence-corrected chi connectivity index (χ4v) is 1.39. The highest BCUT2D eigenvalue weighted by Crippen LogP contribution is 2.22. The lowest BCUT2D eigenvalue weighted by molar-refractivity contribution is 0.0263. The first-order chi connectivity index (χ1) is 5.86. The van der Waals surface area contributed by atoms with E-state index >= 15 is 0 Å². The highest BCUT2D eigenvalue weighted by atomic mass is 16.7. The first-order valence-electron chi connectivity index (χ1n) is 4.16. The summed E-state index contributed by atoms with van der Waals surface area (Å²) >= 11 is 0. The van der Waals surface area contributed by atoms with Gasteiger partial charge in [0.25, 0.3) is 0 Å². The van der Waals surface area contributed by atoms with E-state index in [1.54, 1.807) is 0 Å². The molecule has 0 aromatic heterocycles. The van der Waals surface area contributed by atoms with Crippen LogP contribution in [0.3, 0.4) is 0 Å². The molecule has 2 rings (SSSR count). The van der Waals surface area contributed by atoms with Gasteiger partial charge in [-0.05, 0) is 25.0 Å². The van der Waals surface area contributed by atoms with Gasteiger partial charge in [-0.25, -0.2) is 0 Å². The molecule has 1 aliphatic rings. The van der Waals surface area contributed by atoms with Crippen LogP contribution in [0.1, 0.15) is 11.1 Å². The van der Waals surface area contributed by atoms with Gasteiger partial charge in [0, 0.05) is 0 Å². The predicted octanol–water partition coefficient (Wildman–Crippen LogP) is 1.90. The number of benzene rings is 1. The SMILES string of the molecule is Cc1ccc2c(c1)CCOCO2. The summed E-state index contributed by atoms with van der Waals surface area (Å²) in [6, 6.07) is 6.23. The van der Waals surface area contributed by atoms with E-state index < -0.39 is 0 Å². The fourth-order valence-electron chi connectivity index (χ4n) is 1.39. The Labute approximate surface area is 72.1 Å². The topological polar surface area (TPSA) is 18.5 Å². The predicted molar refractivity (Wildman–Crippen MR) is 46.3 cm³/mol. The second-order valence-corrected chi connectivity index (χ2v) is 3.03. The average Bonchev–Trinajstić information content (AvgIpc) is 2.28. The van der Waals surface area contributed by atoms with Gasteiger partial charge in [-0.3, -0.25) is 0 Å². The lowest BCUT2D eigenvalue weighted by atomic mass is 10.1. The maximum atomic E-state index is 5.38. The normalized spacial score (nSPS) is 16.1. The van der Waals surface area contributed by atoms with Gasteiger partial charge in [0.15, 0.2) is 6.79 Å². The van der Waals surface area contributed by atoms with Gasteiger partial charge in [-0.2, -0.15) is 0 Å². The van der Waals surface area contributed by atoms with Crippen LogP contribution < -0.4 is 4.74 Å². The molecule has 0 aliphatic carbocycles. The Morgan fingerprint density at radius 3 is 3.17 bits per heavy atom. The van der Waals surface area contributed by atoms with Crippen molar-refractivity contribution in [1.29, 1.82) is 0 Å². The van der Waals surface area contributed by atoms with Crippen molar-refractivity contribution in [2.45, 2.75) is 13.3 Å². The Kier molecular flexibility index (Phi) is 2.00. The molecule has 2 heteroatoms. The molecule has 0 spiro atoms. The fraction of sp³-hybridized carbons (Fsp3) is 0.400. The number of aryl methyl sites for hydroxylation is 1. The van der Waals surface area contributed by atoms with Gasteiger partial charge < -0.3 is 9.47 Å². The van der Waals surface area contributed by atoms with E-state index in [-0.39, 0.29) is 0 Å². The van der Waals surface area contributed by atoms with E-state index in [9.17, 15) is 0 Å². The molecule has 0 N–H and O–H groups in total. The Balaban J connectivity index is 2.36. The maximum Gasteiger partial charge on any atom is 0.189 e. The van der Waals surface area contributed by atoms with Crippen LogP contribution >= 0.6 is 0 Å². The Morgan fingerprint density at radius 1 is 1.33 bits per heavy atom. The quantitative estimate of drug-likeness (QED) is 0.583.